The number of aromatic hydroxyl groups is 1. The maximum absolute atomic E-state index is 13.8. The van der Waals surface area contributed by atoms with Gasteiger partial charge in [-0.1, -0.05) is 26.0 Å². The highest BCUT2D eigenvalue weighted by atomic mass is 16.3. The third-order valence-corrected chi connectivity index (χ3v) is 7.55. The molecule has 15 nitrogen and oxygen atoms in total. The maximum Gasteiger partial charge on any atom is 0.243 e. The van der Waals surface area contributed by atoms with Gasteiger partial charge in [0, 0.05) is 6.42 Å². The Labute approximate surface area is 283 Å². The summed E-state index contributed by atoms with van der Waals surface area (Å²) in [6, 6.07) is 0.269. The van der Waals surface area contributed by atoms with Crippen LogP contribution in [0.4, 0.5) is 0 Å². The first-order valence-corrected chi connectivity index (χ1v) is 16.6. The summed E-state index contributed by atoms with van der Waals surface area (Å²) in [5.74, 6) is -2.86. The summed E-state index contributed by atoms with van der Waals surface area (Å²) in [5.41, 5.74) is 17.5. The van der Waals surface area contributed by atoms with E-state index in [-0.39, 0.29) is 30.9 Å². The number of amides is 5. The normalized spacial score (nSPS) is 14.8. The van der Waals surface area contributed by atoms with Gasteiger partial charge in [-0.15, -0.1) is 0 Å². The lowest BCUT2D eigenvalue weighted by atomic mass is 10.0. The molecule has 0 saturated heterocycles. The van der Waals surface area contributed by atoms with Crippen LogP contribution in [0.5, 0.6) is 5.75 Å². The summed E-state index contributed by atoms with van der Waals surface area (Å²) in [4.78, 5) is 77.4. The minimum atomic E-state index is -1.12. The van der Waals surface area contributed by atoms with Gasteiger partial charge in [-0.25, -0.2) is 0 Å². The van der Waals surface area contributed by atoms with Crippen LogP contribution < -0.4 is 43.8 Å². The third kappa shape index (κ3) is 16.2. The molecule has 1 aromatic carbocycles. The fourth-order valence-corrected chi connectivity index (χ4v) is 4.79. The summed E-state index contributed by atoms with van der Waals surface area (Å²) in [6.07, 6.45) is 3.64. The Morgan fingerprint density at radius 3 is 1.62 bits per heavy atom. The van der Waals surface area contributed by atoms with Crippen LogP contribution in [0.2, 0.25) is 0 Å². The van der Waals surface area contributed by atoms with Crippen LogP contribution in [0.1, 0.15) is 78.2 Å². The molecule has 6 atom stereocenters. The highest BCUT2D eigenvalue weighted by molar-refractivity contribution is 5.96. The van der Waals surface area contributed by atoms with Crippen molar-refractivity contribution in [3.05, 3.63) is 29.8 Å². The number of hydrogen-bond donors (Lipinski definition) is 9. The average Bonchev–Trinajstić information content (AvgIpc) is 3.03. The Balaban J connectivity index is 3.26. The van der Waals surface area contributed by atoms with Crippen molar-refractivity contribution in [2.24, 2.45) is 23.1 Å². The molecule has 48 heavy (non-hydrogen) atoms. The second-order valence-corrected chi connectivity index (χ2v) is 12.5. The SMILES string of the molecule is CC(C)C[C@@H](C=O)NC(=O)[C@H](Cc1ccc(O)cc1)NC(=O)[C@H](CCCCN)NC(=O)[C@H](CCCCN)NC(=O)[C@H](C)NC(=O)[C@H](C)N. The Kier molecular flexibility index (Phi) is 19.6. The second-order valence-electron chi connectivity index (χ2n) is 12.5. The number of hydrogen-bond acceptors (Lipinski definition) is 10. The standard InChI is InChI=1S/C33H56N8O7/c1-20(2)17-24(19-42)38-33(48)28(18-23-11-13-25(43)14-12-23)41-32(47)27(10-6-8-16-35)40-31(46)26(9-5-7-15-34)39-30(45)22(4)37-29(44)21(3)36/h11-14,19-22,24,26-28,43H,5-10,15-18,34-36H2,1-4H3,(H,37,44)(H,38,48)(H,39,45)(H,40,46)(H,41,47)/t21-,22-,24-,26-,27-,28-/m0/s1. The van der Waals surface area contributed by atoms with E-state index in [0.29, 0.717) is 57.0 Å². The van der Waals surface area contributed by atoms with E-state index in [2.05, 4.69) is 26.6 Å². The van der Waals surface area contributed by atoms with Crippen LogP contribution in [-0.4, -0.2) is 90.3 Å². The van der Waals surface area contributed by atoms with Crippen molar-refractivity contribution in [2.45, 2.75) is 115 Å². The van der Waals surface area contributed by atoms with Crippen LogP contribution in [0, 0.1) is 5.92 Å². The van der Waals surface area contributed by atoms with Crippen LogP contribution in [0.15, 0.2) is 24.3 Å². The quantitative estimate of drug-likeness (QED) is 0.0516. The van der Waals surface area contributed by atoms with Crippen LogP contribution >= 0.6 is 0 Å². The molecule has 0 aliphatic rings. The van der Waals surface area contributed by atoms with Crippen LogP contribution in [0.3, 0.4) is 0 Å². The molecule has 0 aliphatic heterocycles. The minimum absolute atomic E-state index is 0.0308. The molecule has 0 fully saturated rings. The molecule has 1 rings (SSSR count). The molecule has 0 spiro atoms. The molecule has 12 N–H and O–H groups in total. The number of carbonyl (C=O) groups is 6. The van der Waals surface area contributed by atoms with E-state index >= 15 is 0 Å². The van der Waals surface area contributed by atoms with E-state index in [1.54, 1.807) is 12.1 Å². The van der Waals surface area contributed by atoms with Crippen molar-refractivity contribution in [1.29, 1.82) is 0 Å². The summed E-state index contributed by atoms with van der Waals surface area (Å²) in [7, 11) is 0. The van der Waals surface area contributed by atoms with Gasteiger partial charge in [-0.05, 0) is 95.5 Å². The maximum atomic E-state index is 13.8. The van der Waals surface area contributed by atoms with Gasteiger partial charge in [0.2, 0.25) is 29.5 Å². The molecule has 1 aromatic rings. The minimum Gasteiger partial charge on any atom is -0.508 e. The smallest absolute Gasteiger partial charge is 0.243 e. The number of phenolic OH excluding ortho intramolecular Hbond substituents is 1. The Morgan fingerprint density at radius 1 is 0.688 bits per heavy atom. The lowest BCUT2D eigenvalue weighted by Crippen LogP contribution is -2.59. The molecule has 0 aliphatic carbocycles. The van der Waals surface area contributed by atoms with E-state index < -0.39 is 65.8 Å². The number of nitrogens with two attached hydrogens (primary N) is 3. The van der Waals surface area contributed by atoms with Crippen molar-refractivity contribution >= 4 is 35.8 Å². The van der Waals surface area contributed by atoms with Gasteiger partial charge >= 0.3 is 0 Å². The number of benzene rings is 1. The number of aldehydes is 1. The van der Waals surface area contributed by atoms with E-state index in [1.165, 1.54) is 26.0 Å². The summed E-state index contributed by atoms with van der Waals surface area (Å²) in [6.45, 7) is 7.50. The summed E-state index contributed by atoms with van der Waals surface area (Å²) < 4.78 is 0. The average molecular weight is 677 g/mol. The number of phenols is 1. The van der Waals surface area contributed by atoms with Gasteiger partial charge in [0.05, 0.1) is 12.1 Å². The molecule has 0 aromatic heterocycles. The van der Waals surface area contributed by atoms with Gasteiger partial charge in [0.15, 0.2) is 0 Å². The Morgan fingerprint density at radius 2 is 1.17 bits per heavy atom. The number of rotatable bonds is 23. The predicted molar refractivity (Wildman–Crippen MR) is 182 cm³/mol. The van der Waals surface area contributed by atoms with Gasteiger partial charge in [-0.3, -0.25) is 24.0 Å². The topological polar surface area (TPSA) is 261 Å². The van der Waals surface area contributed by atoms with Gasteiger partial charge in [0.25, 0.3) is 0 Å². The lowest BCUT2D eigenvalue weighted by molar-refractivity contribution is -0.135. The molecular formula is C33H56N8O7. The first kappa shape index (κ1) is 41.9. The van der Waals surface area contributed by atoms with Gasteiger partial charge in [0.1, 0.15) is 36.2 Å². The first-order chi connectivity index (χ1) is 22.7. The van der Waals surface area contributed by atoms with Gasteiger partial charge in [-0.2, -0.15) is 0 Å². The van der Waals surface area contributed by atoms with Crippen LogP contribution in [0.25, 0.3) is 0 Å². The molecule has 0 unspecified atom stereocenters. The van der Waals surface area contributed by atoms with E-state index in [0.717, 1.165) is 0 Å². The molecule has 0 bridgehead atoms. The number of nitrogens with one attached hydrogen (secondary N) is 5. The van der Waals surface area contributed by atoms with Crippen molar-refractivity contribution < 1.29 is 33.9 Å². The molecule has 15 heteroatoms. The van der Waals surface area contributed by atoms with Crippen molar-refractivity contribution in [2.75, 3.05) is 13.1 Å². The van der Waals surface area contributed by atoms with Crippen molar-refractivity contribution in [3.63, 3.8) is 0 Å². The molecule has 0 saturated carbocycles. The summed E-state index contributed by atoms with van der Waals surface area (Å²) in [5, 5.41) is 23.0. The van der Waals surface area contributed by atoms with Crippen molar-refractivity contribution in [3.8, 4) is 5.75 Å². The number of unbranched alkanes of at least 4 members (excludes halogenated alkanes) is 2. The molecule has 0 heterocycles. The van der Waals surface area contributed by atoms with Crippen molar-refractivity contribution in [1.82, 2.24) is 26.6 Å². The fourth-order valence-electron chi connectivity index (χ4n) is 4.79. The fraction of sp³-hybridized carbons (Fsp3) is 0.636. The van der Waals surface area contributed by atoms with E-state index in [9.17, 15) is 33.9 Å². The van der Waals surface area contributed by atoms with E-state index in [4.69, 9.17) is 17.2 Å². The highest BCUT2D eigenvalue weighted by Gasteiger charge is 2.31. The first-order valence-electron chi connectivity index (χ1n) is 16.6. The van der Waals surface area contributed by atoms with Crippen LogP contribution in [-0.2, 0) is 35.2 Å². The third-order valence-electron chi connectivity index (χ3n) is 7.55. The molecule has 270 valence electrons. The zero-order valence-electron chi connectivity index (χ0n) is 28.6. The highest BCUT2D eigenvalue weighted by Crippen LogP contribution is 2.13. The number of carbonyl (C=O) groups excluding carboxylic acids is 6. The molecule has 0 radical (unpaired) electrons. The Hall–Kier alpha value is -4.08. The predicted octanol–water partition coefficient (Wildman–Crippen LogP) is -0.771. The molecule has 5 amide bonds. The monoisotopic (exact) mass is 676 g/mol. The Bertz CT molecular complexity index is 1180. The zero-order valence-corrected chi connectivity index (χ0v) is 28.6. The lowest BCUT2D eigenvalue weighted by Gasteiger charge is -2.27. The summed E-state index contributed by atoms with van der Waals surface area (Å²) >= 11 is 0. The van der Waals surface area contributed by atoms with Gasteiger partial charge < -0.3 is 53.7 Å². The van der Waals surface area contributed by atoms with E-state index in [1.807, 2.05) is 13.8 Å². The molecular weight excluding hydrogens is 620 g/mol. The second kappa shape index (κ2) is 22.5. The largest absolute Gasteiger partial charge is 0.508 e. The zero-order chi connectivity index (χ0) is 36.2.